The van der Waals surface area contributed by atoms with Crippen molar-refractivity contribution in [2.24, 2.45) is 0 Å². The fourth-order valence-corrected chi connectivity index (χ4v) is 3.97. The molecule has 2 heterocycles. The molecule has 0 fully saturated rings. The second kappa shape index (κ2) is 9.04. The van der Waals surface area contributed by atoms with E-state index in [2.05, 4.69) is 9.88 Å². The van der Waals surface area contributed by atoms with Gasteiger partial charge in [0, 0.05) is 42.3 Å². The van der Waals surface area contributed by atoms with Crippen LogP contribution in [0.1, 0.15) is 24.2 Å². The van der Waals surface area contributed by atoms with Crippen LogP contribution in [-0.2, 0) is 6.54 Å². The Labute approximate surface area is 182 Å². The Kier molecular flexibility index (Phi) is 6.02. The summed E-state index contributed by atoms with van der Waals surface area (Å²) in [7, 11) is 3.25. The second-order valence-corrected chi connectivity index (χ2v) is 7.22. The summed E-state index contributed by atoms with van der Waals surface area (Å²) in [5.74, 6) is 2.16. The highest BCUT2D eigenvalue weighted by Gasteiger charge is 2.34. The molecule has 1 aromatic heterocycles. The zero-order valence-electron chi connectivity index (χ0n) is 18.0. The molecular formula is C24H27N3O4. The predicted octanol–water partition coefficient (Wildman–Crippen LogP) is 4.54. The number of hydrogen-bond acceptors (Lipinski definition) is 4. The van der Waals surface area contributed by atoms with E-state index in [9.17, 15) is 4.79 Å². The molecule has 1 atom stereocenters. The smallest absolute Gasteiger partial charge is 0.322 e. The fraction of sp³-hybridized carbons (Fsp3) is 0.292. The number of methoxy groups -OCH3 is 2. The van der Waals surface area contributed by atoms with Crippen molar-refractivity contribution in [3.05, 3.63) is 72.1 Å². The number of rotatable bonds is 6. The SMILES string of the molecule is CCOc1ccc(NC(=O)N2CCn3cccc3[C@@H]2c2ccc(OC)cc2OC)cc1. The van der Waals surface area contributed by atoms with Crippen LogP contribution in [0, 0.1) is 0 Å². The number of hydrogen-bond donors (Lipinski definition) is 1. The number of benzene rings is 2. The highest BCUT2D eigenvalue weighted by Crippen LogP contribution is 2.39. The van der Waals surface area contributed by atoms with Crippen LogP contribution < -0.4 is 19.5 Å². The Balaban J connectivity index is 1.65. The normalized spacial score (nSPS) is 15.2. The van der Waals surface area contributed by atoms with Gasteiger partial charge in [-0.3, -0.25) is 0 Å². The molecule has 0 radical (unpaired) electrons. The second-order valence-electron chi connectivity index (χ2n) is 7.22. The lowest BCUT2D eigenvalue weighted by Crippen LogP contribution is -2.44. The first-order valence-corrected chi connectivity index (χ1v) is 10.3. The number of anilines is 1. The minimum Gasteiger partial charge on any atom is -0.497 e. The highest BCUT2D eigenvalue weighted by molar-refractivity contribution is 5.90. The summed E-state index contributed by atoms with van der Waals surface area (Å²) < 4.78 is 18.7. The summed E-state index contributed by atoms with van der Waals surface area (Å²) in [6.07, 6.45) is 2.04. The molecule has 0 aliphatic carbocycles. The van der Waals surface area contributed by atoms with Crippen LogP contribution in [0.4, 0.5) is 10.5 Å². The lowest BCUT2D eigenvalue weighted by molar-refractivity contribution is 0.180. The zero-order chi connectivity index (χ0) is 21.8. The standard InChI is InChI=1S/C24H27N3O4/c1-4-31-18-9-7-17(8-10-18)25-24(28)27-15-14-26-13-5-6-21(26)23(27)20-12-11-19(29-2)16-22(20)30-3/h5-13,16,23H,4,14-15H2,1-3H3,(H,25,28)/t23-/m0/s1. The zero-order valence-corrected chi connectivity index (χ0v) is 18.0. The first kappa shape index (κ1) is 20.7. The summed E-state index contributed by atoms with van der Waals surface area (Å²) in [5.41, 5.74) is 2.66. The molecule has 7 heteroatoms. The maximum atomic E-state index is 13.3. The van der Waals surface area contributed by atoms with Crippen molar-refractivity contribution < 1.29 is 19.0 Å². The van der Waals surface area contributed by atoms with Crippen LogP contribution >= 0.6 is 0 Å². The van der Waals surface area contributed by atoms with E-state index in [0.29, 0.717) is 24.7 Å². The number of carbonyl (C=O) groups excluding carboxylic acids is 1. The monoisotopic (exact) mass is 421 g/mol. The van der Waals surface area contributed by atoms with Crippen molar-refractivity contribution in [2.45, 2.75) is 19.5 Å². The van der Waals surface area contributed by atoms with Crippen molar-refractivity contribution in [2.75, 3.05) is 32.7 Å². The molecule has 2 amide bonds. The first-order chi connectivity index (χ1) is 15.1. The molecule has 0 saturated carbocycles. The van der Waals surface area contributed by atoms with Gasteiger partial charge in [-0.2, -0.15) is 0 Å². The molecule has 4 rings (SSSR count). The lowest BCUT2D eigenvalue weighted by Gasteiger charge is -2.37. The average Bonchev–Trinajstić information content (AvgIpc) is 3.28. The Morgan fingerprint density at radius 3 is 2.52 bits per heavy atom. The highest BCUT2D eigenvalue weighted by atomic mass is 16.5. The van der Waals surface area contributed by atoms with E-state index >= 15 is 0 Å². The van der Waals surface area contributed by atoms with Crippen molar-refractivity contribution >= 4 is 11.7 Å². The van der Waals surface area contributed by atoms with Crippen molar-refractivity contribution in [1.82, 2.24) is 9.47 Å². The molecule has 1 aliphatic heterocycles. The maximum absolute atomic E-state index is 13.3. The summed E-state index contributed by atoms with van der Waals surface area (Å²) in [6.45, 7) is 3.85. The van der Waals surface area contributed by atoms with Crippen molar-refractivity contribution in [3.63, 3.8) is 0 Å². The van der Waals surface area contributed by atoms with E-state index < -0.39 is 0 Å². The molecule has 7 nitrogen and oxygen atoms in total. The van der Waals surface area contributed by atoms with E-state index in [1.165, 1.54) is 0 Å². The third-order valence-electron chi connectivity index (χ3n) is 5.45. The van der Waals surface area contributed by atoms with Crippen molar-refractivity contribution in [3.8, 4) is 17.2 Å². The van der Waals surface area contributed by atoms with E-state index in [0.717, 1.165) is 29.2 Å². The molecule has 3 aromatic rings. The number of fused-ring (bicyclic) bond motifs is 1. The minimum atomic E-state index is -0.285. The molecule has 162 valence electrons. The van der Waals surface area contributed by atoms with Crippen LogP contribution in [0.2, 0.25) is 0 Å². The van der Waals surface area contributed by atoms with Crippen LogP contribution in [-0.4, -0.2) is 42.9 Å². The van der Waals surface area contributed by atoms with E-state index in [-0.39, 0.29) is 12.1 Å². The summed E-state index contributed by atoms with van der Waals surface area (Å²) in [5, 5.41) is 3.02. The molecule has 31 heavy (non-hydrogen) atoms. The Morgan fingerprint density at radius 2 is 1.81 bits per heavy atom. The summed E-state index contributed by atoms with van der Waals surface area (Å²) >= 11 is 0. The van der Waals surface area contributed by atoms with Crippen molar-refractivity contribution in [1.29, 1.82) is 0 Å². The van der Waals surface area contributed by atoms with Gasteiger partial charge in [0.2, 0.25) is 0 Å². The van der Waals surface area contributed by atoms with Gasteiger partial charge in [-0.15, -0.1) is 0 Å². The van der Waals surface area contributed by atoms with Gasteiger partial charge in [-0.05, 0) is 55.5 Å². The molecule has 0 spiro atoms. The van der Waals surface area contributed by atoms with Gasteiger partial charge in [-0.25, -0.2) is 4.79 Å². The number of carbonyl (C=O) groups is 1. The molecule has 0 bridgehead atoms. The first-order valence-electron chi connectivity index (χ1n) is 10.3. The molecule has 1 N–H and O–H groups in total. The van der Waals surface area contributed by atoms with E-state index in [1.54, 1.807) is 14.2 Å². The van der Waals surface area contributed by atoms with Gasteiger partial charge in [0.15, 0.2) is 0 Å². The maximum Gasteiger partial charge on any atom is 0.322 e. The topological polar surface area (TPSA) is 65.0 Å². The third kappa shape index (κ3) is 4.17. The van der Waals surface area contributed by atoms with Gasteiger partial charge in [0.05, 0.1) is 20.8 Å². The molecular weight excluding hydrogens is 394 g/mol. The van der Waals surface area contributed by atoms with E-state index in [1.807, 2.05) is 72.6 Å². The number of nitrogens with zero attached hydrogens (tertiary/aromatic N) is 2. The number of urea groups is 1. The number of aromatic nitrogens is 1. The third-order valence-corrected chi connectivity index (χ3v) is 5.45. The molecule has 0 saturated heterocycles. The Hall–Kier alpha value is -3.61. The summed E-state index contributed by atoms with van der Waals surface area (Å²) in [4.78, 5) is 15.2. The largest absolute Gasteiger partial charge is 0.497 e. The van der Waals surface area contributed by atoms with Gasteiger partial charge >= 0.3 is 6.03 Å². The fourth-order valence-electron chi connectivity index (χ4n) is 3.97. The van der Waals surface area contributed by atoms with E-state index in [4.69, 9.17) is 14.2 Å². The van der Waals surface area contributed by atoms with Crippen LogP contribution in [0.3, 0.4) is 0 Å². The summed E-state index contributed by atoms with van der Waals surface area (Å²) in [6, 6.07) is 16.7. The van der Waals surface area contributed by atoms with Gasteiger partial charge in [-0.1, -0.05) is 0 Å². The van der Waals surface area contributed by atoms with Gasteiger partial charge < -0.3 is 29.0 Å². The van der Waals surface area contributed by atoms with Gasteiger partial charge in [0.1, 0.15) is 23.3 Å². The molecule has 2 aromatic carbocycles. The lowest BCUT2D eigenvalue weighted by atomic mass is 9.99. The predicted molar refractivity (Wildman–Crippen MR) is 119 cm³/mol. The van der Waals surface area contributed by atoms with Crippen LogP contribution in [0.5, 0.6) is 17.2 Å². The van der Waals surface area contributed by atoms with Crippen LogP contribution in [0.15, 0.2) is 60.8 Å². The Bertz CT molecular complexity index is 1050. The number of amides is 2. The molecule has 1 aliphatic rings. The Morgan fingerprint density at radius 1 is 1.03 bits per heavy atom. The van der Waals surface area contributed by atoms with Gasteiger partial charge in [0.25, 0.3) is 0 Å². The van der Waals surface area contributed by atoms with Crippen LogP contribution in [0.25, 0.3) is 0 Å². The number of ether oxygens (including phenoxy) is 3. The molecule has 0 unspecified atom stereocenters. The minimum absolute atomic E-state index is 0.167. The average molecular weight is 421 g/mol. The quantitative estimate of drug-likeness (QED) is 0.635. The number of nitrogens with one attached hydrogen (secondary N) is 1.